The molecule has 0 radical (unpaired) electrons. The Hall–Kier alpha value is -1.82. The molecule has 0 bridgehead atoms. The van der Waals surface area contributed by atoms with Crippen molar-refractivity contribution in [2.24, 2.45) is 0 Å². The van der Waals surface area contributed by atoms with Gasteiger partial charge in [-0.1, -0.05) is 29.4 Å². The van der Waals surface area contributed by atoms with Gasteiger partial charge < -0.3 is 9.42 Å². The van der Waals surface area contributed by atoms with Gasteiger partial charge in [-0.05, 0) is 36.1 Å². The van der Waals surface area contributed by atoms with Gasteiger partial charge in [-0.15, -0.1) is 11.8 Å². The molecule has 126 valence electrons. The summed E-state index contributed by atoms with van der Waals surface area (Å²) in [6, 6.07) is 8.35. The third-order valence-corrected chi connectivity index (χ3v) is 6.09. The summed E-state index contributed by atoms with van der Waals surface area (Å²) in [5, 5.41) is 3.98. The number of amides is 1. The van der Waals surface area contributed by atoms with Gasteiger partial charge >= 0.3 is 0 Å². The van der Waals surface area contributed by atoms with E-state index < -0.39 is 0 Å². The molecule has 1 aromatic heterocycles. The number of carbonyl (C=O) groups is 1. The standard InChI is InChI=1S/C18H21N3O2S/c1-12-19-17(20-23-12)14-6-4-9-21(11-14)18(22)16-15-7-3-2-5-13(15)8-10-24-16/h2-3,5,7,14,16H,4,6,8-11H2,1H3/t14-,16+/m1/s1. The molecule has 0 unspecified atom stereocenters. The van der Waals surface area contributed by atoms with Crippen LogP contribution in [-0.2, 0) is 11.2 Å². The number of benzene rings is 1. The molecule has 2 aliphatic rings. The molecule has 4 rings (SSSR count). The lowest BCUT2D eigenvalue weighted by atomic mass is 9.95. The van der Waals surface area contributed by atoms with E-state index in [2.05, 4.69) is 28.3 Å². The first-order valence-corrected chi connectivity index (χ1v) is 9.55. The number of nitrogens with zero attached hydrogens (tertiary/aromatic N) is 3. The Morgan fingerprint density at radius 1 is 1.38 bits per heavy atom. The minimum atomic E-state index is -0.0688. The molecule has 24 heavy (non-hydrogen) atoms. The average molecular weight is 343 g/mol. The maximum Gasteiger partial charge on any atom is 0.240 e. The zero-order valence-corrected chi connectivity index (χ0v) is 14.6. The van der Waals surface area contributed by atoms with Gasteiger partial charge in [0.2, 0.25) is 11.8 Å². The predicted octanol–water partition coefficient (Wildman–Crippen LogP) is 3.11. The molecule has 0 saturated carbocycles. The summed E-state index contributed by atoms with van der Waals surface area (Å²) in [7, 11) is 0. The van der Waals surface area contributed by atoms with Gasteiger partial charge in [-0.25, -0.2) is 0 Å². The van der Waals surface area contributed by atoms with Gasteiger partial charge in [0.1, 0.15) is 5.25 Å². The van der Waals surface area contributed by atoms with Crippen molar-refractivity contribution in [1.82, 2.24) is 15.0 Å². The van der Waals surface area contributed by atoms with E-state index in [1.165, 1.54) is 11.1 Å². The molecule has 2 aromatic rings. The second kappa shape index (κ2) is 6.59. The van der Waals surface area contributed by atoms with Gasteiger partial charge in [-0.3, -0.25) is 4.79 Å². The van der Waals surface area contributed by atoms with Crippen molar-refractivity contribution in [1.29, 1.82) is 0 Å². The third-order valence-electron chi connectivity index (χ3n) is 4.86. The first-order valence-electron chi connectivity index (χ1n) is 8.51. The minimum Gasteiger partial charge on any atom is -0.341 e. The van der Waals surface area contributed by atoms with Gasteiger partial charge in [0, 0.05) is 25.9 Å². The van der Waals surface area contributed by atoms with Crippen LogP contribution in [0.3, 0.4) is 0 Å². The summed E-state index contributed by atoms with van der Waals surface area (Å²) in [6.07, 6.45) is 3.05. The summed E-state index contributed by atoms with van der Waals surface area (Å²) < 4.78 is 5.11. The molecule has 0 aliphatic carbocycles. The second-order valence-electron chi connectivity index (χ2n) is 6.49. The van der Waals surface area contributed by atoms with Gasteiger partial charge in [0.05, 0.1) is 0 Å². The molecular weight excluding hydrogens is 322 g/mol. The number of aromatic nitrogens is 2. The molecule has 3 heterocycles. The van der Waals surface area contributed by atoms with Crippen molar-refractivity contribution in [3.8, 4) is 0 Å². The third kappa shape index (κ3) is 2.95. The Balaban J connectivity index is 1.52. The van der Waals surface area contributed by atoms with E-state index in [4.69, 9.17) is 4.52 Å². The summed E-state index contributed by atoms with van der Waals surface area (Å²) in [5.74, 6) is 2.75. The number of fused-ring (bicyclic) bond motifs is 1. The van der Waals surface area contributed by atoms with Crippen molar-refractivity contribution < 1.29 is 9.32 Å². The van der Waals surface area contributed by atoms with Crippen LogP contribution in [0.4, 0.5) is 0 Å². The Morgan fingerprint density at radius 3 is 3.08 bits per heavy atom. The maximum atomic E-state index is 13.1. The van der Waals surface area contributed by atoms with Crippen LogP contribution in [0.25, 0.3) is 0 Å². The van der Waals surface area contributed by atoms with Crippen molar-refractivity contribution in [3.63, 3.8) is 0 Å². The number of piperidine rings is 1. The number of rotatable bonds is 2. The van der Waals surface area contributed by atoms with Gasteiger partial charge in [0.25, 0.3) is 0 Å². The number of hydrogen-bond donors (Lipinski definition) is 0. The molecular formula is C18H21N3O2S. The largest absolute Gasteiger partial charge is 0.341 e. The van der Waals surface area contributed by atoms with Crippen molar-refractivity contribution in [2.75, 3.05) is 18.8 Å². The number of thioether (sulfide) groups is 1. The molecule has 1 fully saturated rings. The quantitative estimate of drug-likeness (QED) is 0.838. The minimum absolute atomic E-state index is 0.0688. The average Bonchev–Trinajstić information content (AvgIpc) is 3.07. The Labute approximate surface area is 145 Å². The van der Waals surface area contributed by atoms with Crippen molar-refractivity contribution in [2.45, 2.75) is 37.4 Å². The highest BCUT2D eigenvalue weighted by Crippen LogP contribution is 2.39. The normalized spacial score (nSPS) is 23.8. The first kappa shape index (κ1) is 15.7. The van der Waals surface area contributed by atoms with Crippen LogP contribution >= 0.6 is 11.8 Å². The smallest absolute Gasteiger partial charge is 0.240 e. The highest BCUT2D eigenvalue weighted by Gasteiger charge is 2.34. The summed E-state index contributed by atoms with van der Waals surface area (Å²) >= 11 is 1.77. The lowest BCUT2D eigenvalue weighted by Crippen LogP contribution is -2.42. The van der Waals surface area contributed by atoms with Gasteiger partial charge in [0.15, 0.2) is 5.82 Å². The van der Waals surface area contributed by atoms with Crippen molar-refractivity contribution in [3.05, 3.63) is 47.1 Å². The van der Waals surface area contributed by atoms with Crippen LogP contribution < -0.4 is 0 Å². The molecule has 2 atom stereocenters. The molecule has 2 aliphatic heterocycles. The highest BCUT2D eigenvalue weighted by atomic mass is 32.2. The van der Waals surface area contributed by atoms with Crippen LogP contribution in [0.5, 0.6) is 0 Å². The van der Waals surface area contributed by atoms with Crippen LogP contribution in [-0.4, -0.2) is 39.8 Å². The fraction of sp³-hybridized carbons (Fsp3) is 0.500. The molecule has 5 nitrogen and oxygen atoms in total. The van der Waals surface area contributed by atoms with E-state index in [1.54, 1.807) is 18.7 Å². The number of hydrogen-bond acceptors (Lipinski definition) is 5. The fourth-order valence-corrected chi connectivity index (χ4v) is 4.91. The zero-order chi connectivity index (χ0) is 16.5. The number of likely N-dealkylation sites (tertiary alicyclic amines) is 1. The fourth-order valence-electron chi connectivity index (χ4n) is 3.63. The summed E-state index contributed by atoms with van der Waals surface area (Å²) in [5.41, 5.74) is 2.51. The van der Waals surface area contributed by atoms with Crippen LogP contribution in [0.1, 0.15) is 46.9 Å². The molecule has 1 saturated heterocycles. The Bertz CT molecular complexity index is 745. The van der Waals surface area contributed by atoms with Crippen molar-refractivity contribution >= 4 is 17.7 Å². The zero-order valence-electron chi connectivity index (χ0n) is 13.8. The monoisotopic (exact) mass is 343 g/mol. The Morgan fingerprint density at radius 2 is 2.25 bits per heavy atom. The van der Waals surface area contributed by atoms with Gasteiger partial charge in [-0.2, -0.15) is 4.98 Å². The van der Waals surface area contributed by atoms with E-state index >= 15 is 0 Å². The molecule has 6 heteroatoms. The number of carbonyl (C=O) groups excluding carboxylic acids is 1. The molecule has 0 N–H and O–H groups in total. The van der Waals surface area contributed by atoms with Crippen LogP contribution in [0.2, 0.25) is 0 Å². The highest BCUT2D eigenvalue weighted by molar-refractivity contribution is 8.00. The molecule has 0 spiro atoms. The summed E-state index contributed by atoms with van der Waals surface area (Å²) in [6.45, 7) is 3.32. The molecule has 1 aromatic carbocycles. The van der Waals surface area contributed by atoms with Crippen LogP contribution in [0, 0.1) is 6.92 Å². The van der Waals surface area contributed by atoms with E-state index in [-0.39, 0.29) is 17.1 Å². The van der Waals surface area contributed by atoms with E-state index in [9.17, 15) is 4.79 Å². The van der Waals surface area contributed by atoms with E-state index in [1.807, 2.05) is 11.0 Å². The Kier molecular flexibility index (Phi) is 4.31. The predicted molar refractivity (Wildman–Crippen MR) is 92.9 cm³/mol. The summed E-state index contributed by atoms with van der Waals surface area (Å²) in [4.78, 5) is 19.5. The van der Waals surface area contributed by atoms with Crippen LogP contribution in [0.15, 0.2) is 28.8 Å². The lowest BCUT2D eigenvalue weighted by molar-refractivity contribution is -0.132. The van der Waals surface area contributed by atoms with E-state index in [0.717, 1.165) is 37.4 Å². The number of aryl methyl sites for hydroxylation is 2. The van der Waals surface area contributed by atoms with E-state index in [0.29, 0.717) is 12.4 Å². The maximum absolute atomic E-state index is 13.1. The molecule has 1 amide bonds. The SMILES string of the molecule is Cc1nc([C@@H]2CCCN(C(=O)[C@H]3SCCc4ccccc43)C2)no1. The lowest BCUT2D eigenvalue weighted by Gasteiger charge is -2.35. The topological polar surface area (TPSA) is 59.2 Å². The first-order chi connectivity index (χ1) is 11.7. The second-order valence-corrected chi connectivity index (χ2v) is 7.71.